The third-order valence-electron chi connectivity index (χ3n) is 3.45. The van der Waals surface area contributed by atoms with Crippen molar-refractivity contribution in [2.24, 2.45) is 0 Å². The summed E-state index contributed by atoms with van der Waals surface area (Å²) in [5.41, 5.74) is 2.47. The lowest BCUT2D eigenvalue weighted by Crippen LogP contribution is -2.06. The molecular weight excluding hydrogens is 292 g/mol. The Balaban J connectivity index is 1.82. The standard InChI is InChI=1S/C15H15ClN2O3/c1-20-14-3-2-12(17-18-14)13(19)8-10-7-11(16)6-9-4-5-21-15(9)10/h2-3,6-7,13,19H,4-5,8H2,1H3. The lowest BCUT2D eigenvalue weighted by molar-refractivity contribution is 0.170. The van der Waals surface area contributed by atoms with Crippen molar-refractivity contribution in [2.45, 2.75) is 18.9 Å². The zero-order valence-corrected chi connectivity index (χ0v) is 12.3. The van der Waals surface area contributed by atoms with E-state index in [1.54, 1.807) is 12.1 Å². The van der Waals surface area contributed by atoms with Gasteiger partial charge in [-0.3, -0.25) is 0 Å². The molecule has 21 heavy (non-hydrogen) atoms. The van der Waals surface area contributed by atoms with Crippen LogP contribution in [0.4, 0.5) is 0 Å². The van der Waals surface area contributed by atoms with Crippen LogP contribution in [0.2, 0.25) is 5.02 Å². The summed E-state index contributed by atoms with van der Waals surface area (Å²) < 4.78 is 10.6. The van der Waals surface area contributed by atoms with Gasteiger partial charge in [-0.25, -0.2) is 0 Å². The molecule has 1 aromatic carbocycles. The van der Waals surface area contributed by atoms with Crippen molar-refractivity contribution in [1.29, 1.82) is 0 Å². The molecule has 0 saturated heterocycles. The van der Waals surface area contributed by atoms with E-state index in [-0.39, 0.29) is 0 Å². The summed E-state index contributed by atoms with van der Waals surface area (Å²) in [6.07, 6.45) is 0.459. The van der Waals surface area contributed by atoms with E-state index in [4.69, 9.17) is 21.1 Å². The molecule has 5 nitrogen and oxygen atoms in total. The SMILES string of the molecule is COc1ccc(C(O)Cc2cc(Cl)cc3c2OCC3)nn1. The van der Waals surface area contributed by atoms with Crippen molar-refractivity contribution < 1.29 is 14.6 Å². The lowest BCUT2D eigenvalue weighted by Gasteiger charge is -2.13. The molecule has 0 radical (unpaired) electrons. The largest absolute Gasteiger partial charge is 0.493 e. The Kier molecular flexibility index (Phi) is 3.94. The molecule has 6 heteroatoms. The normalized spacial score (nSPS) is 14.4. The number of halogens is 1. The second kappa shape index (κ2) is 5.87. The van der Waals surface area contributed by atoms with Gasteiger partial charge in [0.2, 0.25) is 5.88 Å². The zero-order valence-electron chi connectivity index (χ0n) is 11.5. The van der Waals surface area contributed by atoms with Crippen LogP contribution in [-0.4, -0.2) is 29.0 Å². The topological polar surface area (TPSA) is 64.5 Å². The summed E-state index contributed by atoms with van der Waals surface area (Å²) in [6.45, 7) is 0.654. The van der Waals surface area contributed by atoms with E-state index in [0.717, 1.165) is 23.3 Å². The molecule has 1 aromatic heterocycles. The fourth-order valence-corrected chi connectivity index (χ4v) is 2.69. The van der Waals surface area contributed by atoms with E-state index < -0.39 is 6.10 Å². The maximum atomic E-state index is 10.3. The molecule has 0 aliphatic carbocycles. The average Bonchev–Trinajstić information content (AvgIpc) is 2.95. The zero-order chi connectivity index (χ0) is 14.8. The molecule has 1 atom stereocenters. The van der Waals surface area contributed by atoms with Crippen LogP contribution in [0.1, 0.15) is 22.9 Å². The van der Waals surface area contributed by atoms with Crippen molar-refractivity contribution in [1.82, 2.24) is 10.2 Å². The Labute approximate surface area is 127 Å². The highest BCUT2D eigenvalue weighted by Crippen LogP contribution is 2.35. The third kappa shape index (κ3) is 2.94. The number of aromatic nitrogens is 2. The number of nitrogens with zero attached hydrogens (tertiary/aromatic N) is 2. The second-order valence-electron chi connectivity index (χ2n) is 4.87. The Hall–Kier alpha value is -1.85. The lowest BCUT2D eigenvalue weighted by atomic mass is 10.0. The van der Waals surface area contributed by atoms with Crippen molar-refractivity contribution in [3.05, 3.63) is 46.1 Å². The van der Waals surface area contributed by atoms with Gasteiger partial charge in [-0.05, 0) is 29.3 Å². The summed E-state index contributed by atoms with van der Waals surface area (Å²) in [5, 5.41) is 18.8. The monoisotopic (exact) mass is 306 g/mol. The highest BCUT2D eigenvalue weighted by molar-refractivity contribution is 6.30. The average molecular weight is 307 g/mol. The second-order valence-corrected chi connectivity index (χ2v) is 5.31. The number of aliphatic hydroxyl groups excluding tert-OH is 1. The van der Waals surface area contributed by atoms with E-state index in [1.807, 2.05) is 12.1 Å². The Bertz CT molecular complexity index is 646. The molecular formula is C15H15ClN2O3. The van der Waals surface area contributed by atoms with Crippen molar-refractivity contribution >= 4 is 11.6 Å². The molecule has 0 bridgehead atoms. The van der Waals surface area contributed by atoms with Crippen molar-refractivity contribution in [2.75, 3.05) is 13.7 Å². The van der Waals surface area contributed by atoms with E-state index in [1.165, 1.54) is 7.11 Å². The first-order valence-corrected chi connectivity index (χ1v) is 7.05. The fraction of sp³-hybridized carbons (Fsp3) is 0.333. The summed E-state index contributed by atoms with van der Waals surface area (Å²) in [6, 6.07) is 7.10. The smallest absolute Gasteiger partial charge is 0.233 e. The summed E-state index contributed by atoms with van der Waals surface area (Å²) in [5.74, 6) is 1.25. The minimum absolute atomic E-state index is 0.379. The summed E-state index contributed by atoms with van der Waals surface area (Å²) in [7, 11) is 1.52. The quantitative estimate of drug-likeness (QED) is 0.939. The van der Waals surface area contributed by atoms with Crippen LogP contribution < -0.4 is 9.47 Å². The minimum atomic E-state index is -0.768. The van der Waals surface area contributed by atoms with Crippen LogP contribution in [0.25, 0.3) is 0 Å². The molecule has 0 saturated carbocycles. The van der Waals surface area contributed by atoms with Gasteiger partial charge in [0.15, 0.2) is 0 Å². The molecule has 1 aliphatic rings. The number of hydrogen-bond donors (Lipinski definition) is 1. The van der Waals surface area contributed by atoms with Crippen LogP contribution in [0.5, 0.6) is 11.6 Å². The summed E-state index contributed by atoms with van der Waals surface area (Å²) >= 11 is 6.12. The van der Waals surface area contributed by atoms with Gasteiger partial charge in [0.25, 0.3) is 0 Å². The van der Waals surface area contributed by atoms with Crippen LogP contribution in [-0.2, 0) is 12.8 Å². The first-order valence-electron chi connectivity index (χ1n) is 6.67. The maximum Gasteiger partial charge on any atom is 0.233 e. The van der Waals surface area contributed by atoms with Crippen LogP contribution in [0, 0.1) is 0 Å². The van der Waals surface area contributed by atoms with Crippen LogP contribution >= 0.6 is 11.6 Å². The number of ether oxygens (including phenoxy) is 2. The molecule has 2 aromatic rings. The van der Waals surface area contributed by atoms with Crippen LogP contribution in [0.3, 0.4) is 0 Å². The molecule has 1 N–H and O–H groups in total. The van der Waals surface area contributed by atoms with Gasteiger partial charge in [0, 0.05) is 23.9 Å². The summed E-state index contributed by atoms with van der Waals surface area (Å²) in [4.78, 5) is 0. The van der Waals surface area contributed by atoms with Gasteiger partial charge in [-0.2, -0.15) is 0 Å². The number of aliphatic hydroxyl groups is 1. The number of benzene rings is 1. The number of hydrogen-bond acceptors (Lipinski definition) is 5. The Morgan fingerprint density at radius 3 is 2.95 bits per heavy atom. The highest BCUT2D eigenvalue weighted by atomic mass is 35.5. The van der Waals surface area contributed by atoms with E-state index in [0.29, 0.717) is 29.6 Å². The maximum absolute atomic E-state index is 10.3. The number of methoxy groups -OCH3 is 1. The predicted molar refractivity (Wildman–Crippen MR) is 77.9 cm³/mol. The Morgan fingerprint density at radius 1 is 1.38 bits per heavy atom. The molecule has 0 fully saturated rings. The molecule has 2 heterocycles. The molecule has 0 spiro atoms. The number of rotatable bonds is 4. The fourth-order valence-electron chi connectivity index (χ4n) is 2.43. The molecule has 110 valence electrons. The van der Waals surface area contributed by atoms with Gasteiger partial charge in [-0.15, -0.1) is 10.2 Å². The third-order valence-corrected chi connectivity index (χ3v) is 3.67. The molecule has 3 rings (SSSR count). The van der Waals surface area contributed by atoms with E-state index >= 15 is 0 Å². The van der Waals surface area contributed by atoms with Gasteiger partial charge in [-0.1, -0.05) is 11.6 Å². The van der Waals surface area contributed by atoms with E-state index in [9.17, 15) is 5.11 Å². The predicted octanol–water partition coefficient (Wildman–Crippen LogP) is 2.35. The van der Waals surface area contributed by atoms with Crippen LogP contribution in [0.15, 0.2) is 24.3 Å². The molecule has 0 amide bonds. The van der Waals surface area contributed by atoms with E-state index in [2.05, 4.69) is 10.2 Å². The molecule has 1 unspecified atom stereocenters. The van der Waals surface area contributed by atoms with Gasteiger partial charge >= 0.3 is 0 Å². The first-order chi connectivity index (χ1) is 10.2. The van der Waals surface area contributed by atoms with Gasteiger partial charge in [0.1, 0.15) is 11.9 Å². The highest BCUT2D eigenvalue weighted by Gasteiger charge is 2.21. The van der Waals surface area contributed by atoms with Gasteiger partial charge < -0.3 is 14.6 Å². The number of fused-ring (bicyclic) bond motifs is 1. The first kappa shape index (κ1) is 14.1. The Morgan fingerprint density at radius 2 is 2.24 bits per heavy atom. The van der Waals surface area contributed by atoms with Gasteiger partial charge in [0.05, 0.1) is 19.4 Å². The minimum Gasteiger partial charge on any atom is -0.493 e. The van der Waals surface area contributed by atoms with Crippen molar-refractivity contribution in [3.63, 3.8) is 0 Å². The molecule has 1 aliphatic heterocycles. The van der Waals surface area contributed by atoms with Crippen molar-refractivity contribution in [3.8, 4) is 11.6 Å².